The zero-order chi connectivity index (χ0) is 3.58. The van der Waals surface area contributed by atoms with Gasteiger partial charge in [0.1, 0.15) is 0 Å². The van der Waals surface area contributed by atoms with Crippen LogP contribution in [0.2, 0.25) is 0 Å². The molecular weight excluding hydrogens is 114 g/mol. The van der Waals surface area contributed by atoms with Crippen LogP contribution in [0.15, 0.2) is 0 Å². The third kappa shape index (κ3) is 68.2. The summed E-state index contributed by atoms with van der Waals surface area (Å²) in [6, 6.07) is 0. The predicted molar refractivity (Wildman–Crippen MR) is 24.7 cm³/mol. The van der Waals surface area contributed by atoms with E-state index in [2.05, 4.69) is 0 Å². The zero-order valence-electron chi connectivity index (χ0n) is 2.71. The van der Waals surface area contributed by atoms with E-state index in [1.807, 2.05) is 0 Å². The molecule has 0 saturated carbocycles. The molecular formula is H6BNaO3S. The maximum atomic E-state index is 8.67. The maximum absolute atomic E-state index is 8.67. The molecule has 0 atom stereocenters. The molecule has 0 bridgehead atoms. The summed E-state index contributed by atoms with van der Waals surface area (Å²) >= 11 is -2.61. The van der Waals surface area contributed by atoms with Crippen LogP contribution in [0.1, 0.15) is 0 Å². The molecule has 0 aromatic carbocycles. The van der Waals surface area contributed by atoms with Gasteiger partial charge in [0.2, 0.25) is 0 Å². The van der Waals surface area contributed by atoms with Gasteiger partial charge in [-0.05, 0) is 0 Å². The van der Waals surface area contributed by atoms with Crippen LogP contribution in [0.5, 0.6) is 0 Å². The molecule has 0 aliphatic rings. The molecule has 0 aromatic rings. The van der Waals surface area contributed by atoms with Crippen LogP contribution < -0.4 is 29.6 Å². The molecule has 0 aromatic heterocycles. The molecule has 0 heterocycles. The summed E-state index contributed by atoms with van der Waals surface area (Å²) in [5.41, 5.74) is 0. The first kappa shape index (κ1) is 15.7. The third-order valence-corrected chi connectivity index (χ3v) is 0. The number of hydrogen-bond donors (Lipinski definition) is 2. The molecule has 0 rings (SSSR count). The van der Waals surface area contributed by atoms with E-state index >= 15 is 0 Å². The zero-order valence-corrected chi connectivity index (χ0v) is 5.53. The Kier molecular flexibility index (Phi) is 24.8. The van der Waals surface area contributed by atoms with Crippen molar-refractivity contribution >= 4 is 19.8 Å². The van der Waals surface area contributed by atoms with Crippen LogP contribution in [-0.4, -0.2) is 21.7 Å². The van der Waals surface area contributed by atoms with Crippen molar-refractivity contribution < 1.29 is 42.9 Å². The maximum Gasteiger partial charge on any atom is 1.00 e. The molecule has 0 fully saturated rings. The average Bonchev–Trinajstić information content (AvgIpc) is 0.811. The SMILES string of the molecule is O=S(O)O.[BH4-].[Na+]. The summed E-state index contributed by atoms with van der Waals surface area (Å²) < 4.78 is 22.8. The van der Waals surface area contributed by atoms with Crippen molar-refractivity contribution in [2.45, 2.75) is 0 Å². The standard InChI is InChI=1S/BH4.Na.H2O3S/c;;1-4(2)3/h1H4;;(H2,1,2,3)/q-1;+1;. The molecule has 0 aliphatic carbocycles. The monoisotopic (exact) mass is 120 g/mol. The van der Waals surface area contributed by atoms with Crippen molar-refractivity contribution in [1.82, 2.24) is 0 Å². The fourth-order valence-electron chi connectivity index (χ4n) is 0. The average molecular weight is 120 g/mol. The Morgan fingerprint density at radius 2 is 1.33 bits per heavy atom. The van der Waals surface area contributed by atoms with Gasteiger partial charge in [-0.3, -0.25) is 9.11 Å². The van der Waals surface area contributed by atoms with Gasteiger partial charge < -0.3 is 0 Å². The number of rotatable bonds is 0. The van der Waals surface area contributed by atoms with Gasteiger partial charge in [-0.25, -0.2) is 0 Å². The van der Waals surface area contributed by atoms with Crippen molar-refractivity contribution in [1.29, 1.82) is 0 Å². The Labute approximate surface area is 62.5 Å². The molecule has 0 amide bonds. The summed E-state index contributed by atoms with van der Waals surface area (Å²) in [7, 11) is 0. The molecule has 0 saturated heterocycles. The molecule has 6 heavy (non-hydrogen) atoms. The molecule has 0 radical (unpaired) electrons. The Morgan fingerprint density at radius 1 is 1.33 bits per heavy atom. The first-order valence-corrected chi connectivity index (χ1v) is 1.60. The molecule has 6 heteroatoms. The minimum Gasteiger partial charge on any atom is -0.284 e. The van der Waals surface area contributed by atoms with Gasteiger partial charge >= 0.3 is 29.6 Å². The molecule has 3 nitrogen and oxygen atoms in total. The van der Waals surface area contributed by atoms with E-state index in [4.69, 9.17) is 13.3 Å². The van der Waals surface area contributed by atoms with E-state index in [0.717, 1.165) is 0 Å². The van der Waals surface area contributed by atoms with Crippen molar-refractivity contribution in [2.75, 3.05) is 0 Å². The van der Waals surface area contributed by atoms with E-state index in [1.165, 1.54) is 0 Å². The summed E-state index contributed by atoms with van der Waals surface area (Å²) in [6.45, 7) is 0. The molecule has 2 N–H and O–H groups in total. The molecule has 0 unspecified atom stereocenters. The Bertz CT molecular complexity index is 33.8. The molecule has 0 spiro atoms. The Balaban J connectivity index is -0.0000000450. The van der Waals surface area contributed by atoms with Crippen molar-refractivity contribution in [2.24, 2.45) is 0 Å². The second kappa shape index (κ2) is 9.46. The molecule has 34 valence electrons. The van der Waals surface area contributed by atoms with E-state index in [9.17, 15) is 0 Å². The second-order valence-corrected chi connectivity index (χ2v) is 0.692. The van der Waals surface area contributed by atoms with E-state index in [0.29, 0.717) is 0 Å². The van der Waals surface area contributed by atoms with Crippen LogP contribution in [-0.2, 0) is 11.4 Å². The van der Waals surface area contributed by atoms with Crippen molar-refractivity contribution in [3.05, 3.63) is 0 Å². The quantitative estimate of drug-likeness (QED) is 0.249. The van der Waals surface area contributed by atoms with E-state index < -0.39 is 11.4 Å². The van der Waals surface area contributed by atoms with Gasteiger partial charge in [0, 0.05) is 0 Å². The van der Waals surface area contributed by atoms with E-state index in [1.54, 1.807) is 0 Å². The minimum absolute atomic E-state index is 0. The normalized spacial score (nSPS) is 5.83. The van der Waals surface area contributed by atoms with Crippen LogP contribution in [0.3, 0.4) is 0 Å². The molecule has 0 aliphatic heterocycles. The second-order valence-electron chi connectivity index (χ2n) is 0.231. The van der Waals surface area contributed by atoms with Crippen LogP contribution in [0, 0.1) is 0 Å². The third-order valence-electron chi connectivity index (χ3n) is 0. The topological polar surface area (TPSA) is 57.5 Å². The van der Waals surface area contributed by atoms with Gasteiger partial charge in [-0.1, -0.05) is 8.41 Å². The van der Waals surface area contributed by atoms with Crippen molar-refractivity contribution in [3.8, 4) is 0 Å². The first-order chi connectivity index (χ1) is 1.73. The van der Waals surface area contributed by atoms with Crippen LogP contribution >= 0.6 is 0 Å². The number of hydrogen-bond acceptors (Lipinski definition) is 1. The fourth-order valence-corrected chi connectivity index (χ4v) is 0. The minimum atomic E-state index is -2.61. The van der Waals surface area contributed by atoms with Gasteiger partial charge in [0.05, 0.1) is 0 Å². The van der Waals surface area contributed by atoms with Gasteiger partial charge in [-0.15, -0.1) is 0 Å². The smallest absolute Gasteiger partial charge is 0.284 e. The summed E-state index contributed by atoms with van der Waals surface area (Å²) in [5, 5.41) is 0. The van der Waals surface area contributed by atoms with Crippen LogP contribution in [0.4, 0.5) is 0 Å². The first-order valence-electron chi connectivity index (χ1n) is 0.532. The predicted octanol–water partition coefficient (Wildman–Crippen LogP) is -4.77. The van der Waals surface area contributed by atoms with E-state index in [-0.39, 0.29) is 38.0 Å². The van der Waals surface area contributed by atoms with Gasteiger partial charge in [0.25, 0.3) is 11.4 Å². The van der Waals surface area contributed by atoms with Gasteiger partial charge in [-0.2, -0.15) is 4.21 Å². The van der Waals surface area contributed by atoms with Gasteiger partial charge in [0.15, 0.2) is 0 Å². The summed E-state index contributed by atoms with van der Waals surface area (Å²) in [6.07, 6.45) is 0. The Morgan fingerprint density at radius 3 is 1.33 bits per heavy atom. The fraction of sp³-hybridized carbons (Fsp3) is 0. The summed E-state index contributed by atoms with van der Waals surface area (Å²) in [4.78, 5) is 0. The van der Waals surface area contributed by atoms with Crippen LogP contribution in [0.25, 0.3) is 0 Å². The summed E-state index contributed by atoms with van der Waals surface area (Å²) in [5.74, 6) is 0. The largest absolute Gasteiger partial charge is 1.00 e. The van der Waals surface area contributed by atoms with Crippen molar-refractivity contribution in [3.63, 3.8) is 0 Å². The Hall–Kier alpha value is 1.13.